The molecule has 0 heterocycles. The number of ether oxygens (including phenoxy) is 1. The monoisotopic (exact) mass is 298 g/mol. The average Bonchev–Trinajstić information content (AvgIpc) is 3.24. The Morgan fingerprint density at radius 2 is 2.05 bits per heavy atom. The normalized spacial score (nSPS) is 14.3. The minimum absolute atomic E-state index is 0.0658. The zero-order chi connectivity index (χ0) is 15.2. The van der Waals surface area contributed by atoms with Crippen molar-refractivity contribution >= 4 is 5.91 Å². The molecule has 2 rings (SSSR count). The fourth-order valence-electron chi connectivity index (χ4n) is 2.00. The fraction of sp³-hybridized carbons (Fsp3) is 0.533. The van der Waals surface area contributed by atoms with Crippen LogP contribution in [0.1, 0.15) is 24.8 Å². The zero-order valence-corrected chi connectivity index (χ0v) is 12.0. The van der Waals surface area contributed by atoms with Crippen LogP contribution < -0.4 is 10.1 Å². The van der Waals surface area contributed by atoms with Crippen molar-refractivity contribution < 1.29 is 18.3 Å². The lowest BCUT2D eigenvalue weighted by Crippen LogP contribution is -2.30. The molecule has 1 fully saturated rings. The summed E-state index contributed by atoms with van der Waals surface area (Å²) in [6, 6.07) is 6.93. The number of alkyl halides is 2. The Balaban J connectivity index is 1.75. The smallest absolute Gasteiger partial charge is 0.387 e. The first kappa shape index (κ1) is 15.7. The van der Waals surface area contributed by atoms with Crippen LogP contribution in [0.15, 0.2) is 24.3 Å². The quantitative estimate of drug-likeness (QED) is 0.801. The molecule has 1 aromatic carbocycles. The van der Waals surface area contributed by atoms with E-state index in [0.29, 0.717) is 25.6 Å². The molecule has 21 heavy (non-hydrogen) atoms. The van der Waals surface area contributed by atoms with Crippen LogP contribution in [0.5, 0.6) is 5.75 Å². The number of nitrogens with zero attached hydrogens (tertiary/aromatic N) is 1. The van der Waals surface area contributed by atoms with Crippen LogP contribution in [0.25, 0.3) is 0 Å². The van der Waals surface area contributed by atoms with E-state index in [-0.39, 0.29) is 11.7 Å². The summed E-state index contributed by atoms with van der Waals surface area (Å²) in [4.78, 5) is 13.6. The van der Waals surface area contributed by atoms with Crippen LogP contribution in [0.4, 0.5) is 8.78 Å². The minimum Gasteiger partial charge on any atom is -0.435 e. The Kier molecular flexibility index (Phi) is 5.50. The second-order valence-electron chi connectivity index (χ2n) is 5.25. The molecule has 0 radical (unpaired) electrons. The van der Waals surface area contributed by atoms with Gasteiger partial charge in [0.2, 0.25) is 5.91 Å². The fourth-order valence-corrected chi connectivity index (χ4v) is 2.00. The van der Waals surface area contributed by atoms with Gasteiger partial charge in [-0.2, -0.15) is 8.78 Å². The Morgan fingerprint density at radius 1 is 1.38 bits per heavy atom. The molecule has 1 aliphatic carbocycles. The van der Waals surface area contributed by atoms with Gasteiger partial charge in [-0.3, -0.25) is 4.79 Å². The van der Waals surface area contributed by atoms with Crippen molar-refractivity contribution in [2.75, 3.05) is 13.6 Å². The van der Waals surface area contributed by atoms with Crippen molar-refractivity contribution in [3.05, 3.63) is 29.8 Å². The second kappa shape index (κ2) is 7.36. The molecule has 6 heteroatoms. The Labute approximate surface area is 123 Å². The Hall–Kier alpha value is -1.69. The predicted octanol–water partition coefficient (Wildman–Crippen LogP) is 2.39. The first-order chi connectivity index (χ1) is 10.0. The van der Waals surface area contributed by atoms with Crippen LogP contribution in [0.2, 0.25) is 0 Å². The molecule has 0 aromatic heterocycles. The maximum absolute atomic E-state index is 12.0. The van der Waals surface area contributed by atoms with E-state index in [9.17, 15) is 13.6 Å². The maximum Gasteiger partial charge on any atom is 0.387 e. The summed E-state index contributed by atoms with van der Waals surface area (Å²) in [5, 5.41) is 3.30. The highest BCUT2D eigenvalue weighted by Gasteiger charge is 2.20. The Morgan fingerprint density at radius 3 is 2.62 bits per heavy atom. The Bertz CT molecular complexity index is 461. The first-order valence-corrected chi connectivity index (χ1v) is 7.05. The average molecular weight is 298 g/mol. The van der Waals surface area contributed by atoms with E-state index in [4.69, 9.17) is 0 Å². The number of benzene rings is 1. The molecule has 0 aliphatic heterocycles. The maximum atomic E-state index is 12.0. The van der Waals surface area contributed by atoms with Gasteiger partial charge in [0.25, 0.3) is 0 Å². The van der Waals surface area contributed by atoms with E-state index in [1.165, 1.54) is 25.0 Å². The SMILES string of the molecule is CN(Cc1ccc(OC(F)F)cc1)C(=O)CCNC1CC1. The van der Waals surface area contributed by atoms with Gasteiger partial charge >= 0.3 is 6.61 Å². The molecule has 1 aliphatic rings. The van der Waals surface area contributed by atoms with Gasteiger partial charge in [0.15, 0.2) is 0 Å². The standard InChI is InChI=1S/C15H20F2N2O2/c1-19(14(20)8-9-18-12-4-5-12)10-11-2-6-13(7-3-11)21-15(16)17/h2-3,6-7,12,15,18H,4-5,8-10H2,1H3. The van der Waals surface area contributed by atoms with E-state index >= 15 is 0 Å². The molecule has 0 unspecified atom stereocenters. The molecule has 0 atom stereocenters. The molecule has 1 N–H and O–H groups in total. The van der Waals surface area contributed by atoms with E-state index in [1.54, 1.807) is 24.1 Å². The van der Waals surface area contributed by atoms with Crippen LogP contribution >= 0.6 is 0 Å². The number of nitrogens with one attached hydrogen (secondary N) is 1. The summed E-state index contributed by atoms with van der Waals surface area (Å²) < 4.78 is 28.4. The van der Waals surface area contributed by atoms with Crippen LogP contribution in [-0.2, 0) is 11.3 Å². The lowest BCUT2D eigenvalue weighted by Gasteiger charge is -2.17. The number of hydrogen-bond acceptors (Lipinski definition) is 3. The third-order valence-corrected chi connectivity index (χ3v) is 3.34. The highest BCUT2D eigenvalue weighted by molar-refractivity contribution is 5.76. The van der Waals surface area contributed by atoms with Gasteiger partial charge in [-0.15, -0.1) is 0 Å². The first-order valence-electron chi connectivity index (χ1n) is 7.05. The van der Waals surface area contributed by atoms with Gasteiger partial charge in [0, 0.05) is 32.6 Å². The van der Waals surface area contributed by atoms with Gasteiger partial charge in [-0.25, -0.2) is 0 Å². The number of halogens is 2. The van der Waals surface area contributed by atoms with Crippen molar-refractivity contribution in [3.8, 4) is 5.75 Å². The summed E-state index contributed by atoms with van der Waals surface area (Å²) in [5.74, 6) is 0.187. The summed E-state index contributed by atoms with van der Waals surface area (Å²) >= 11 is 0. The minimum atomic E-state index is -2.82. The van der Waals surface area contributed by atoms with Crippen molar-refractivity contribution in [3.63, 3.8) is 0 Å². The predicted molar refractivity (Wildman–Crippen MR) is 75.2 cm³/mol. The van der Waals surface area contributed by atoms with Crippen molar-refractivity contribution in [2.24, 2.45) is 0 Å². The molecule has 1 amide bonds. The topological polar surface area (TPSA) is 41.6 Å². The third kappa shape index (κ3) is 5.67. The molecule has 0 saturated heterocycles. The highest BCUT2D eigenvalue weighted by atomic mass is 19.3. The molecule has 4 nitrogen and oxygen atoms in total. The lowest BCUT2D eigenvalue weighted by molar-refractivity contribution is -0.130. The van der Waals surface area contributed by atoms with Crippen LogP contribution in [-0.4, -0.2) is 37.1 Å². The van der Waals surface area contributed by atoms with E-state index in [2.05, 4.69) is 10.1 Å². The van der Waals surface area contributed by atoms with Gasteiger partial charge < -0.3 is 15.0 Å². The number of carbonyl (C=O) groups excluding carboxylic acids is 1. The van der Waals surface area contributed by atoms with E-state index in [0.717, 1.165) is 5.56 Å². The summed E-state index contributed by atoms with van der Waals surface area (Å²) in [6.45, 7) is -1.66. The largest absolute Gasteiger partial charge is 0.435 e. The molecule has 1 aromatic rings. The van der Waals surface area contributed by atoms with Gasteiger partial charge in [0.05, 0.1) is 0 Å². The summed E-state index contributed by atoms with van der Waals surface area (Å²) in [5.41, 5.74) is 0.877. The van der Waals surface area contributed by atoms with E-state index in [1.807, 2.05) is 0 Å². The molecule has 0 bridgehead atoms. The molecule has 116 valence electrons. The van der Waals surface area contributed by atoms with Crippen LogP contribution in [0.3, 0.4) is 0 Å². The van der Waals surface area contributed by atoms with Gasteiger partial charge in [0.1, 0.15) is 5.75 Å². The zero-order valence-electron chi connectivity index (χ0n) is 12.0. The summed E-state index contributed by atoms with van der Waals surface area (Å²) in [6.07, 6.45) is 2.88. The van der Waals surface area contributed by atoms with Crippen molar-refractivity contribution in [2.45, 2.75) is 38.5 Å². The molecule has 0 spiro atoms. The third-order valence-electron chi connectivity index (χ3n) is 3.34. The number of rotatable bonds is 8. The molecule has 1 saturated carbocycles. The van der Waals surface area contributed by atoms with E-state index < -0.39 is 6.61 Å². The number of amides is 1. The summed E-state index contributed by atoms with van der Waals surface area (Å²) in [7, 11) is 1.74. The van der Waals surface area contributed by atoms with Crippen molar-refractivity contribution in [1.29, 1.82) is 0 Å². The van der Waals surface area contributed by atoms with Gasteiger partial charge in [-0.05, 0) is 30.5 Å². The highest BCUT2D eigenvalue weighted by Crippen LogP contribution is 2.18. The van der Waals surface area contributed by atoms with Gasteiger partial charge in [-0.1, -0.05) is 12.1 Å². The van der Waals surface area contributed by atoms with Crippen LogP contribution in [0, 0.1) is 0 Å². The number of carbonyl (C=O) groups is 1. The number of hydrogen-bond donors (Lipinski definition) is 1. The second-order valence-corrected chi connectivity index (χ2v) is 5.25. The lowest BCUT2D eigenvalue weighted by atomic mass is 10.2. The van der Waals surface area contributed by atoms with Crippen molar-refractivity contribution in [1.82, 2.24) is 10.2 Å². The molecular weight excluding hydrogens is 278 g/mol. The molecular formula is C15H20F2N2O2.